The Morgan fingerprint density at radius 2 is 2.30 bits per heavy atom. The average molecular weight is 295 g/mol. The van der Waals surface area contributed by atoms with Gasteiger partial charge in [0.1, 0.15) is 0 Å². The Morgan fingerprint density at radius 3 is 2.95 bits per heavy atom. The van der Waals surface area contributed by atoms with E-state index >= 15 is 0 Å². The molecular weight excluding hydrogens is 272 g/mol. The van der Waals surface area contributed by atoms with Crippen LogP contribution in [-0.4, -0.2) is 55.4 Å². The minimum Gasteiger partial charge on any atom is -0.304 e. The van der Waals surface area contributed by atoms with Crippen molar-refractivity contribution in [1.82, 2.24) is 9.80 Å². The minimum absolute atomic E-state index is 0.166. The van der Waals surface area contributed by atoms with Crippen molar-refractivity contribution in [2.45, 2.75) is 25.3 Å². The van der Waals surface area contributed by atoms with Crippen LogP contribution in [0.3, 0.4) is 0 Å². The molecule has 3 nitrogen and oxygen atoms in total. The number of ketones is 1. The van der Waals surface area contributed by atoms with Gasteiger partial charge in [0, 0.05) is 36.1 Å². The van der Waals surface area contributed by atoms with E-state index in [4.69, 9.17) is 11.6 Å². The lowest BCUT2D eigenvalue weighted by Gasteiger charge is -2.25. The zero-order valence-electron chi connectivity index (χ0n) is 12.3. The molecule has 1 unspecified atom stereocenters. The molecule has 0 spiro atoms. The fourth-order valence-electron chi connectivity index (χ4n) is 2.76. The molecule has 1 aliphatic heterocycles. The lowest BCUT2D eigenvalue weighted by Crippen LogP contribution is -2.37. The molecule has 1 aromatic carbocycles. The van der Waals surface area contributed by atoms with Crippen LogP contribution in [-0.2, 0) is 0 Å². The molecule has 20 heavy (non-hydrogen) atoms. The second kappa shape index (κ2) is 7.21. The van der Waals surface area contributed by atoms with Crippen LogP contribution in [0.4, 0.5) is 0 Å². The van der Waals surface area contributed by atoms with Crippen LogP contribution >= 0.6 is 11.6 Å². The first kappa shape index (κ1) is 15.5. The number of likely N-dealkylation sites (N-methyl/N-ethyl adjacent to an activating group) is 2. The number of nitrogens with zero attached hydrogens (tertiary/aromatic N) is 2. The first-order valence-corrected chi connectivity index (χ1v) is 7.61. The van der Waals surface area contributed by atoms with Crippen molar-refractivity contribution in [3.8, 4) is 0 Å². The summed E-state index contributed by atoms with van der Waals surface area (Å²) in [6.45, 7) is 3.04. The van der Waals surface area contributed by atoms with E-state index in [0.717, 1.165) is 13.1 Å². The normalized spacial score (nSPS) is 19.7. The largest absolute Gasteiger partial charge is 0.304 e. The standard InChI is InChI=1S/C16H23ClN2O/c1-18(12-15-7-4-9-19(15)2)10-8-16(20)13-5-3-6-14(17)11-13/h3,5-6,11,15H,4,7-10,12H2,1-2H3. The summed E-state index contributed by atoms with van der Waals surface area (Å²) >= 11 is 5.91. The van der Waals surface area contributed by atoms with E-state index in [9.17, 15) is 4.79 Å². The van der Waals surface area contributed by atoms with Gasteiger partial charge in [0.25, 0.3) is 0 Å². The van der Waals surface area contributed by atoms with Crippen molar-refractivity contribution in [1.29, 1.82) is 0 Å². The molecule has 1 atom stereocenters. The number of carbonyl (C=O) groups is 1. The van der Waals surface area contributed by atoms with Crippen molar-refractivity contribution in [2.24, 2.45) is 0 Å². The van der Waals surface area contributed by atoms with Gasteiger partial charge >= 0.3 is 0 Å². The first-order chi connectivity index (χ1) is 9.56. The SMILES string of the molecule is CN(CCC(=O)c1cccc(Cl)c1)CC1CCCN1C. The van der Waals surface area contributed by atoms with Crippen molar-refractivity contribution >= 4 is 17.4 Å². The summed E-state index contributed by atoms with van der Waals surface area (Å²) in [7, 11) is 4.28. The summed E-state index contributed by atoms with van der Waals surface area (Å²) in [6, 6.07) is 7.84. The molecule has 0 aromatic heterocycles. The molecule has 0 radical (unpaired) electrons. The van der Waals surface area contributed by atoms with Gasteiger partial charge in [-0.25, -0.2) is 0 Å². The molecule has 0 saturated carbocycles. The average Bonchev–Trinajstić information content (AvgIpc) is 2.81. The van der Waals surface area contributed by atoms with Gasteiger partial charge in [0.2, 0.25) is 0 Å². The van der Waals surface area contributed by atoms with E-state index in [1.165, 1.54) is 19.4 Å². The predicted molar refractivity (Wildman–Crippen MR) is 83.5 cm³/mol. The summed E-state index contributed by atoms with van der Waals surface area (Å²) in [5, 5.41) is 0.622. The third-order valence-corrected chi connectivity index (χ3v) is 4.30. The van der Waals surface area contributed by atoms with Crippen LogP contribution in [0.15, 0.2) is 24.3 Å². The van der Waals surface area contributed by atoms with Crippen LogP contribution in [0.25, 0.3) is 0 Å². The second-order valence-electron chi connectivity index (χ2n) is 5.72. The summed E-state index contributed by atoms with van der Waals surface area (Å²) < 4.78 is 0. The highest BCUT2D eigenvalue weighted by atomic mass is 35.5. The highest BCUT2D eigenvalue weighted by molar-refractivity contribution is 6.31. The van der Waals surface area contributed by atoms with Gasteiger partial charge in [-0.05, 0) is 45.6 Å². The fourth-order valence-corrected chi connectivity index (χ4v) is 2.95. The van der Waals surface area contributed by atoms with E-state index in [1.807, 2.05) is 12.1 Å². The third kappa shape index (κ3) is 4.30. The smallest absolute Gasteiger partial charge is 0.164 e. The number of likely N-dealkylation sites (tertiary alicyclic amines) is 1. The number of Topliss-reactive ketones (excluding diaryl/α,β-unsaturated/α-hetero) is 1. The monoisotopic (exact) mass is 294 g/mol. The van der Waals surface area contributed by atoms with Crippen molar-refractivity contribution in [2.75, 3.05) is 33.7 Å². The van der Waals surface area contributed by atoms with Gasteiger partial charge in [-0.15, -0.1) is 0 Å². The quantitative estimate of drug-likeness (QED) is 0.754. The summed E-state index contributed by atoms with van der Waals surface area (Å²) in [4.78, 5) is 16.8. The Hall–Kier alpha value is -0.900. The third-order valence-electron chi connectivity index (χ3n) is 4.06. The number of halogens is 1. The van der Waals surface area contributed by atoms with Crippen LogP contribution in [0.1, 0.15) is 29.6 Å². The minimum atomic E-state index is 0.166. The number of hydrogen-bond acceptors (Lipinski definition) is 3. The maximum atomic E-state index is 12.1. The van der Waals surface area contributed by atoms with E-state index in [2.05, 4.69) is 23.9 Å². The van der Waals surface area contributed by atoms with Crippen LogP contribution in [0, 0.1) is 0 Å². The molecule has 2 rings (SSSR count). The summed E-state index contributed by atoms with van der Waals surface area (Å²) in [5.74, 6) is 0.166. The lowest BCUT2D eigenvalue weighted by molar-refractivity contribution is 0.0964. The number of rotatable bonds is 6. The van der Waals surface area contributed by atoms with Gasteiger partial charge in [0.15, 0.2) is 5.78 Å². The Labute approximate surface area is 126 Å². The van der Waals surface area contributed by atoms with Crippen LogP contribution < -0.4 is 0 Å². The van der Waals surface area contributed by atoms with E-state index < -0.39 is 0 Å². The maximum absolute atomic E-state index is 12.1. The molecule has 1 aliphatic rings. The summed E-state index contributed by atoms with van der Waals surface area (Å²) in [5.41, 5.74) is 0.712. The Kier molecular flexibility index (Phi) is 5.58. The zero-order valence-corrected chi connectivity index (χ0v) is 13.1. The van der Waals surface area contributed by atoms with Crippen molar-refractivity contribution < 1.29 is 4.79 Å². The molecule has 0 amide bonds. The molecule has 0 aliphatic carbocycles. The second-order valence-corrected chi connectivity index (χ2v) is 6.16. The van der Waals surface area contributed by atoms with E-state index in [1.54, 1.807) is 12.1 Å². The topological polar surface area (TPSA) is 23.6 Å². The highest BCUT2D eigenvalue weighted by Crippen LogP contribution is 2.16. The Balaban J connectivity index is 1.78. The molecule has 0 bridgehead atoms. The molecule has 110 valence electrons. The van der Waals surface area contributed by atoms with Gasteiger partial charge in [-0.3, -0.25) is 4.79 Å². The van der Waals surface area contributed by atoms with E-state index in [0.29, 0.717) is 23.0 Å². The molecular formula is C16H23ClN2O. The number of benzene rings is 1. The number of hydrogen-bond donors (Lipinski definition) is 0. The van der Waals surface area contributed by atoms with Gasteiger partial charge in [-0.2, -0.15) is 0 Å². The molecule has 4 heteroatoms. The first-order valence-electron chi connectivity index (χ1n) is 7.24. The fraction of sp³-hybridized carbons (Fsp3) is 0.562. The van der Waals surface area contributed by atoms with Gasteiger partial charge in [0.05, 0.1) is 0 Å². The van der Waals surface area contributed by atoms with Crippen molar-refractivity contribution in [3.05, 3.63) is 34.9 Å². The van der Waals surface area contributed by atoms with Crippen molar-refractivity contribution in [3.63, 3.8) is 0 Å². The predicted octanol–water partition coefficient (Wildman–Crippen LogP) is 2.94. The zero-order chi connectivity index (χ0) is 14.5. The Bertz CT molecular complexity index is 464. The van der Waals surface area contributed by atoms with Crippen LogP contribution in [0.2, 0.25) is 5.02 Å². The number of carbonyl (C=O) groups excluding carboxylic acids is 1. The Morgan fingerprint density at radius 1 is 1.50 bits per heavy atom. The van der Waals surface area contributed by atoms with Gasteiger partial charge < -0.3 is 9.80 Å². The molecule has 0 N–H and O–H groups in total. The molecule has 1 heterocycles. The van der Waals surface area contributed by atoms with Crippen LogP contribution in [0.5, 0.6) is 0 Å². The lowest BCUT2D eigenvalue weighted by atomic mass is 10.1. The maximum Gasteiger partial charge on any atom is 0.164 e. The highest BCUT2D eigenvalue weighted by Gasteiger charge is 2.22. The summed E-state index contributed by atoms with van der Waals surface area (Å²) in [6.07, 6.45) is 3.10. The molecule has 1 aromatic rings. The van der Waals surface area contributed by atoms with E-state index in [-0.39, 0.29) is 5.78 Å². The molecule has 1 fully saturated rings. The van der Waals surface area contributed by atoms with Gasteiger partial charge in [-0.1, -0.05) is 23.7 Å². The molecule has 1 saturated heterocycles.